The fourth-order valence-electron chi connectivity index (χ4n) is 1.58. The number of hydrogen-bond donors (Lipinski definition) is 0. The van der Waals surface area contributed by atoms with E-state index >= 15 is 0 Å². The van der Waals surface area contributed by atoms with Gasteiger partial charge in [-0.15, -0.1) is 6.58 Å². The molecule has 0 atom stereocenters. The van der Waals surface area contributed by atoms with Gasteiger partial charge in [-0.1, -0.05) is 18.9 Å². The van der Waals surface area contributed by atoms with Crippen LogP contribution in [0.25, 0.3) is 0 Å². The number of benzene rings is 1. The molecule has 2 heteroatoms. The van der Waals surface area contributed by atoms with E-state index < -0.39 is 0 Å². The fourth-order valence-corrected chi connectivity index (χ4v) is 1.58. The van der Waals surface area contributed by atoms with Crippen LogP contribution in [-0.4, -0.2) is 12.9 Å². The first-order chi connectivity index (χ1) is 8.36. The average molecular weight is 232 g/mol. The van der Waals surface area contributed by atoms with Gasteiger partial charge in [-0.05, 0) is 43.5 Å². The zero-order chi connectivity index (χ0) is 12.3. The third kappa shape index (κ3) is 5.91. The fraction of sp³-hybridized carbons (Fsp3) is 0.400. The van der Waals surface area contributed by atoms with E-state index in [0.29, 0.717) is 5.56 Å². The van der Waals surface area contributed by atoms with Gasteiger partial charge in [-0.25, -0.2) is 0 Å². The molecule has 2 nitrogen and oxygen atoms in total. The van der Waals surface area contributed by atoms with Gasteiger partial charge in [0.25, 0.3) is 0 Å². The lowest BCUT2D eigenvalue weighted by Gasteiger charge is -2.05. The molecule has 0 aromatic heterocycles. The van der Waals surface area contributed by atoms with Crippen LogP contribution in [0.3, 0.4) is 0 Å². The third-order valence-electron chi connectivity index (χ3n) is 2.59. The van der Waals surface area contributed by atoms with Crippen LogP contribution in [0.2, 0.25) is 0 Å². The Bertz CT molecular complexity index is 327. The van der Waals surface area contributed by atoms with Crippen molar-refractivity contribution >= 4 is 6.29 Å². The minimum Gasteiger partial charge on any atom is -0.494 e. The van der Waals surface area contributed by atoms with Gasteiger partial charge in [0.2, 0.25) is 0 Å². The van der Waals surface area contributed by atoms with Gasteiger partial charge in [0, 0.05) is 5.56 Å². The van der Waals surface area contributed by atoms with Crippen molar-refractivity contribution in [3.05, 3.63) is 42.5 Å². The molecule has 0 aliphatic carbocycles. The second kappa shape index (κ2) is 8.57. The van der Waals surface area contributed by atoms with E-state index in [1.165, 1.54) is 19.3 Å². The van der Waals surface area contributed by atoms with Crippen molar-refractivity contribution in [3.8, 4) is 5.75 Å². The second-order valence-electron chi connectivity index (χ2n) is 4.03. The lowest BCUT2D eigenvalue weighted by atomic mass is 10.1. The minimum absolute atomic E-state index is 0.682. The maximum atomic E-state index is 10.5. The molecule has 0 spiro atoms. The number of rotatable bonds is 9. The predicted octanol–water partition coefficient (Wildman–Crippen LogP) is 4.01. The van der Waals surface area contributed by atoms with Crippen LogP contribution in [-0.2, 0) is 0 Å². The number of unbranched alkanes of at least 4 members (excludes halogenated alkanes) is 4. The molecule has 0 saturated heterocycles. The number of hydrogen-bond acceptors (Lipinski definition) is 2. The summed E-state index contributed by atoms with van der Waals surface area (Å²) >= 11 is 0. The lowest BCUT2D eigenvalue weighted by Crippen LogP contribution is -1.97. The Balaban J connectivity index is 2.09. The molecule has 0 aliphatic rings. The Hall–Kier alpha value is -1.57. The van der Waals surface area contributed by atoms with E-state index in [-0.39, 0.29) is 0 Å². The van der Waals surface area contributed by atoms with Gasteiger partial charge in [-0.3, -0.25) is 4.79 Å². The molecule has 0 unspecified atom stereocenters. The molecule has 0 heterocycles. The van der Waals surface area contributed by atoms with Crippen LogP contribution >= 0.6 is 0 Å². The summed E-state index contributed by atoms with van der Waals surface area (Å²) in [5, 5.41) is 0. The topological polar surface area (TPSA) is 26.3 Å². The molecule has 0 aliphatic heterocycles. The first-order valence-electron chi connectivity index (χ1n) is 6.16. The van der Waals surface area contributed by atoms with Gasteiger partial charge < -0.3 is 4.74 Å². The molecular formula is C15H20O2. The molecule has 0 saturated carbocycles. The van der Waals surface area contributed by atoms with E-state index in [4.69, 9.17) is 4.74 Å². The van der Waals surface area contributed by atoms with Gasteiger partial charge in [0.1, 0.15) is 12.0 Å². The summed E-state index contributed by atoms with van der Waals surface area (Å²) in [5.41, 5.74) is 0.682. The SMILES string of the molecule is C=CCCCCCCOc1ccc(C=O)cc1. The van der Waals surface area contributed by atoms with Crippen molar-refractivity contribution in [1.29, 1.82) is 0 Å². The summed E-state index contributed by atoms with van der Waals surface area (Å²) in [6.07, 6.45) is 8.63. The van der Waals surface area contributed by atoms with Gasteiger partial charge in [0.05, 0.1) is 6.61 Å². The first-order valence-corrected chi connectivity index (χ1v) is 6.16. The van der Waals surface area contributed by atoms with E-state index in [1.807, 2.05) is 18.2 Å². The van der Waals surface area contributed by atoms with Gasteiger partial charge >= 0.3 is 0 Å². The minimum atomic E-state index is 0.682. The summed E-state index contributed by atoms with van der Waals surface area (Å²) in [6, 6.07) is 7.21. The van der Waals surface area contributed by atoms with Crippen LogP contribution in [0.4, 0.5) is 0 Å². The average Bonchev–Trinajstić information content (AvgIpc) is 2.38. The highest BCUT2D eigenvalue weighted by atomic mass is 16.5. The molecule has 0 N–H and O–H groups in total. The van der Waals surface area contributed by atoms with Gasteiger partial charge in [-0.2, -0.15) is 0 Å². The number of allylic oxidation sites excluding steroid dienone is 1. The lowest BCUT2D eigenvalue weighted by molar-refractivity contribution is 0.112. The summed E-state index contributed by atoms with van der Waals surface area (Å²) in [7, 11) is 0. The Labute approximate surface area is 103 Å². The molecule has 1 rings (SSSR count). The zero-order valence-electron chi connectivity index (χ0n) is 10.2. The van der Waals surface area contributed by atoms with Crippen molar-refractivity contribution in [1.82, 2.24) is 0 Å². The van der Waals surface area contributed by atoms with Crippen LogP contribution in [0.15, 0.2) is 36.9 Å². The van der Waals surface area contributed by atoms with Crippen LogP contribution < -0.4 is 4.74 Å². The van der Waals surface area contributed by atoms with Crippen LogP contribution in [0.1, 0.15) is 42.5 Å². The summed E-state index contributed by atoms with van der Waals surface area (Å²) in [4.78, 5) is 10.5. The molecule has 0 fully saturated rings. The van der Waals surface area contributed by atoms with Gasteiger partial charge in [0.15, 0.2) is 0 Å². The van der Waals surface area contributed by atoms with E-state index in [0.717, 1.165) is 31.5 Å². The van der Waals surface area contributed by atoms with Crippen LogP contribution in [0.5, 0.6) is 5.75 Å². The van der Waals surface area contributed by atoms with Crippen molar-refractivity contribution in [2.45, 2.75) is 32.1 Å². The molecule has 0 amide bonds. The van der Waals surface area contributed by atoms with Crippen molar-refractivity contribution < 1.29 is 9.53 Å². The normalized spacial score (nSPS) is 9.88. The van der Waals surface area contributed by atoms with Crippen molar-refractivity contribution in [2.75, 3.05) is 6.61 Å². The Morgan fingerprint density at radius 1 is 1.06 bits per heavy atom. The zero-order valence-corrected chi connectivity index (χ0v) is 10.2. The van der Waals surface area contributed by atoms with E-state index in [2.05, 4.69) is 6.58 Å². The number of carbonyl (C=O) groups excluding carboxylic acids is 1. The second-order valence-corrected chi connectivity index (χ2v) is 4.03. The van der Waals surface area contributed by atoms with E-state index in [9.17, 15) is 4.79 Å². The molecule has 1 aromatic rings. The maximum absolute atomic E-state index is 10.5. The maximum Gasteiger partial charge on any atom is 0.150 e. The predicted molar refractivity (Wildman–Crippen MR) is 70.6 cm³/mol. The highest BCUT2D eigenvalue weighted by molar-refractivity contribution is 5.74. The van der Waals surface area contributed by atoms with Crippen molar-refractivity contribution in [2.24, 2.45) is 0 Å². The third-order valence-corrected chi connectivity index (χ3v) is 2.59. The summed E-state index contributed by atoms with van der Waals surface area (Å²) in [5.74, 6) is 0.835. The quantitative estimate of drug-likeness (QED) is 0.365. The molecule has 92 valence electrons. The van der Waals surface area contributed by atoms with E-state index in [1.54, 1.807) is 12.1 Å². The standard InChI is InChI=1S/C15H20O2/c1-2-3-4-5-6-7-12-17-15-10-8-14(13-16)9-11-15/h2,8-11,13H,1,3-7,12H2. The number of ether oxygens (including phenoxy) is 1. The molecule has 0 radical (unpaired) electrons. The highest BCUT2D eigenvalue weighted by Crippen LogP contribution is 2.12. The molecule has 17 heavy (non-hydrogen) atoms. The van der Waals surface area contributed by atoms with Crippen LogP contribution in [0, 0.1) is 0 Å². The summed E-state index contributed by atoms with van der Waals surface area (Å²) < 4.78 is 5.58. The summed E-state index contributed by atoms with van der Waals surface area (Å²) in [6.45, 7) is 4.44. The number of carbonyl (C=O) groups is 1. The molecular weight excluding hydrogens is 212 g/mol. The Morgan fingerprint density at radius 3 is 2.41 bits per heavy atom. The molecule has 0 bridgehead atoms. The highest BCUT2D eigenvalue weighted by Gasteiger charge is 1.95. The number of aldehydes is 1. The van der Waals surface area contributed by atoms with Crippen molar-refractivity contribution in [3.63, 3.8) is 0 Å². The smallest absolute Gasteiger partial charge is 0.150 e. The monoisotopic (exact) mass is 232 g/mol. The Morgan fingerprint density at radius 2 is 1.76 bits per heavy atom. The largest absolute Gasteiger partial charge is 0.494 e. The first kappa shape index (κ1) is 13.5. The molecule has 1 aromatic carbocycles. The Kier molecular flexibility index (Phi) is 6.80.